The minimum absolute atomic E-state index is 0.0855. The highest BCUT2D eigenvalue weighted by Gasteiger charge is 2.24. The maximum absolute atomic E-state index is 6.09. The van der Waals surface area contributed by atoms with Crippen molar-refractivity contribution in [1.82, 2.24) is 0 Å². The van der Waals surface area contributed by atoms with Crippen molar-refractivity contribution in [1.29, 1.82) is 0 Å². The predicted octanol–water partition coefficient (Wildman–Crippen LogP) is 5.03. The van der Waals surface area contributed by atoms with Gasteiger partial charge in [0.1, 0.15) is 0 Å². The first-order chi connectivity index (χ1) is 7.12. The third-order valence-corrected chi connectivity index (χ3v) is 3.76. The lowest BCUT2D eigenvalue weighted by molar-refractivity contribution is 0.463. The van der Waals surface area contributed by atoms with Gasteiger partial charge in [0.05, 0.1) is 0 Å². The fraction of sp³-hybridized carbons (Fsp3) is 0.538. The normalized spacial score (nSPS) is 14.9. The Morgan fingerprint density at radius 3 is 2.27 bits per heavy atom. The molecule has 0 amide bonds. The molecule has 0 saturated heterocycles. The zero-order chi connectivity index (χ0) is 11.3. The zero-order valence-electron chi connectivity index (χ0n) is 9.39. The Morgan fingerprint density at radius 1 is 1.20 bits per heavy atom. The Kier molecular flexibility index (Phi) is 4.95. The van der Waals surface area contributed by atoms with E-state index in [0.29, 0.717) is 5.88 Å². The summed E-state index contributed by atoms with van der Waals surface area (Å²) >= 11 is 12.0. The molecule has 1 aromatic carbocycles. The molecule has 1 unspecified atom stereocenters. The van der Waals surface area contributed by atoms with Crippen LogP contribution in [-0.4, -0.2) is 5.88 Å². The number of benzene rings is 1. The summed E-state index contributed by atoms with van der Waals surface area (Å²) in [6.07, 6.45) is 3.56. The molecule has 84 valence electrons. The molecule has 1 rings (SSSR count). The van der Waals surface area contributed by atoms with Gasteiger partial charge in [-0.1, -0.05) is 50.4 Å². The monoisotopic (exact) mass is 244 g/mol. The quantitative estimate of drug-likeness (QED) is 0.638. The highest BCUT2D eigenvalue weighted by molar-refractivity contribution is 6.30. The van der Waals surface area contributed by atoms with Gasteiger partial charge in [0.25, 0.3) is 0 Å². The van der Waals surface area contributed by atoms with Crippen LogP contribution in [0.3, 0.4) is 0 Å². The van der Waals surface area contributed by atoms with Crippen LogP contribution >= 0.6 is 23.2 Å². The van der Waals surface area contributed by atoms with E-state index < -0.39 is 0 Å². The summed E-state index contributed by atoms with van der Waals surface area (Å²) in [5, 5.41) is 0.783. The molecule has 0 heterocycles. The Morgan fingerprint density at radius 2 is 1.80 bits per heavy atom. The van der Waals surface area contributed by atoms with Crippen LogP contribution in [0.25, 0.3) is 0 Å². The second kappa shape index (κ2) is 5.77. The number of rotatable bonds is 5. The van der Waals surface area contributed by atoms with Crippen LogP contribution in [0.4, 0.5) is 0 Å². The van der Waals surface area contributed by atoms with E-state index in [2.05, 4.69) is 26.0 Å². The van der Waals surface area contributed by atoms with Crippen molar-refractivity contribution in [3.8, 4) is 0 Å². The van der Waals surface area contributed by atoms with Gasteiger partial charge < -0.3 is 0 Å². The molecule has 0 aromatic heterocycles. The summed E-state index contributed by atoms with van der Waals surface area (Å²) in [6.45, 7) is 4.43. The molecule has 0 aliphatic carbocycles. The zero-order valence-corrected chi connectivity index (χ0v) is 10.9. The van der Waals surface area contributed by atoms with Crippen molar-refractivity contribution in [2.24, 2.45) is 0 Å². The van der Waals surface area contributed by atoms with E-state index in [1.165, 1.54) is 18.4 Å². The molecule has 0 bridgehead atoms. The van der Waals surface area contributed by atoms with Gasteiger partial charge in [0.2, 0.25) is 0 Å². The van der Waals surface area contributed by atoms with Gasteiger partial charge in [0.15, 0.2) is 0 Å². The van der Waals surface area contributed by atoms with Crippen LogP contribution in [0, 0.1) is 0 Å². The first kappa shape index (κ1) is 12.9. The summed E-state index contributed by atoms with van der Waals surface area (Å²) < 4.78 is 0. The first-order valence-electron chi connectivity index (χ1n) is 5.44. The molecule has 0 aliphatic heterocycles. The van der Waals surface area contributed by atoms with Gasteiger partial charge in [0, 0.05) is 16.3 Å². The smallest absolute Gasteiger partial charge is 0.0406 e. The van der Waals surface area contributed by atoms with Crippen molar-refractivity contribution >= 4 is 23.2 Å². The van der Waals surface area contributed by atoms with Gasteiger partial charge >= 0.3 is 0 Å². The SMILES string of the molecule is CCCCC(C)(CCl)c1ccc(Cl)cc1. The molecule has 0 spiro atoms. The highest BCUT2D eigenvalue weighted by Crippen LogP contribution is 2.31. The highest BCUT2D eigenvalue weighted by atomic mass is 35.5. The van der Waals surface area contributed by atoms with E-state index in [1.807, 2.05) is 12.1 Å². The van der Waals surface area contributed by atoms with Crippen molar-refractivity contribution in [3.05, 3.63) is 34.9 Å². The molecule has 0 saturated carbocycles. The molecule has 0 fully saturated rings. The lowest BCUT2D eigenvalue weighted by Gasteiger charge is -2.27. The van der Waals surface area contributed by atoms with E-state index in [9.17, 15) is 0 Å². The number of hydrogen-bond donors (Lipinski definition) is 0. The summed E-state index contributed by atoms with van der Waals surface area (Å²) in [5.41, 5.74) is 1.37. The van der Waals surface area contributed by atoms with Crippen LogP contribution in [0.2, 0.25) is 5.02 Å². The average Bonchev–Trinajstić information content (AvgIpc) is 2.27. The fourth-order valence-corrected chi connectivity index (χ4v) is 2.12. The van der Waals surface area contributed by atoms with Crippen LogP contribution in [-0.2, 0) is 5.41 Å². The van der Waals surface area contributed by atoms with Crippen molar-refractivity contribution in [3.63, 3.8) is 0 Å². The summed E-state index contributed by atoms with van der Waals surface area (Å²) in [4.78, 5) is 0. The molecule has 0 radical (unpaired) electrons. The molecule has 0 nitrogen and oxygen atoms in total. The largest absolute Gasteiger partial charge is 0.126 e. The van der Waals surface area contributed by atoms with Crippen molar-refractivity contribution in [2.45, 2.75) is 38.5 Å². The van der Waals surface area contributed by atoms with Crippen LogP contribution in [0.1, 0.15) is 38.7 Å². The molecular weight excluding hydrogens is 227 g/mol. The van der Waals surface area contributed by atoms with Crippen LogP contribution in [0.15, 0.2) is 24.3 Å². The van der Waals surface area contributed by atoms with E-state index in [1.54, 1.807) is 0 Å². The molecule has 1 aromatic rings. The van der Waals surface area contributed by atoms with Gasteiger partial charge in [-0.2, -0.15) is 0 Å². The molecule has 15 heavy (non-hydrogen) atoms. The second-order valence-corrected chi connectivity index (χ2v) is 5.01. The average molecular weight is 245 g/mol. The summed E-state index contributed by atoms with van der Waals surface area (Å²) in [5.74, 6) is 0.661. The lowest BCUT2D eigenvalue weighted by Crippen LogP contribution is -2.23. The van der Waals surface area contributed by atoms with E-state index in [4.69, 9.17) is 23.2 Å². The molecule has 1 atom stereocenters. The van der Waals surface area contributed by atoms with Gasteiger partial charge in [-0.3, -0.25) is 0 Å². The van der Waals surface area contributed by atoms with Gasteiger partial charge in [-0.25, -0.2) is 0 Å². The maximum atomic E-state index is 6.09. The molecule has 0 N–H and O–H groups in total. The fourth-order valence-electron chi connectivity index (χ4n) is 1.71. The predicted molar refractivity (Wildman–Crippen MR) is 69.0 cm³/mol. The summed E-state index contributed by atoms with van der Waals surface area (Å²) in [6, 6.07) is 8.04. The third kappa shape index (κ3) is 3.39. The standard InChI is InChI=1S/C13H18Cl2/c1-3-4-9-13(2,10-14)11-5-7-12(15)8-6-11/h5-8H,3-4,9-10H2,1-2H3. The lowest BCUT2D eigenvalue weighted by atomic mass is 9.80. The Labute approximate surface area is 103 Å². The summed E-state index contributed by atoms with van der Waals surface area (Å²) in [7, 11) is 0. The van der Waals surface area contributed by atoms with Crippen LogP contribution < -0.4 is 0 Å². The van der Waals surface area contributed by atoms with E-state index >= 15 is 0 Å². The molecule has 2 heteroatoms. The van der Waals surface area contributed by atoms with E-state index in [0.717, 1.165) is 11.4 Å². The Hall–Kier alpha value is -0.200. The maximum Gasteiger partial charge on any atom is 0.0406 e. The number of hydrogen-bond acceptors (Lipinski definition) is 0. The topological polar surface area (TPSA) is 0 Å². The van der Waals surface area contributed by atoms with Crippen molar-refractivity contribution in [2.75, 3.05) is 5.88 Å². The third-order valence-electron chi connectivity index (χ3n) is 2.92. The Balaban J connectivity index is 2.85. The molecule has 0 aliphatic rings. The molecular formula is C13H18Cl2. The first-order valence-corrected chi connectivity index (χ1v) is 6.35. The second-order valence-electron chi connectivity index (χ2n) is 4.30. The number of unbranched alkanes of at least 4 members (excludes halogenated alkanes) is 1. The van der Waals surface area contributed by atoms with Crippen molar-refractivity contribution < 1.29 is 0 Å². The van der Waals surface area contributed by atoms with Crippen LogP contribution in [0.5, 0.6) is 0 Å². The minimum atomic E-state index is 0.0855. The van der Waals surface area contributed by atoms with E-state index in [-0.39, 0.29) is 5.41 Å². The van der Waals surface area contributed by atoms with Gasteiger partial charge in [-0.05, 0) is 24.1 Å². The van der Waals surface area contributed by atoms with Gasteiger partial charge in [-0.15, -0.1) is 11.6 Å². The number of halogens is 2. The minimum Gasteiger partial charge on any atom is -0.126 e. The number of alkyl halides is 1. The Bertz CT molecular complexity index is 292.